The van der Waals surface area contributed by atoms with Crippen LogP contribution in [0.5, 0.6) is 0 Å². The molecular weight excluding hydrogens is 548 g/mol. The van der Waals surface area contributed by atoms with E-state index in [9.17, 15) is 0 Å². The molecule has 0 heterocycles. The van der Waals surface area contributed by atoms with Crippen LogP contribution >= 0.6 is 0 Å². The van der Waals surface area contributed by atoms with Crippen molar-refractivity contribution in [1.82, 2.24) is 5.32 Å². The van der Waals surface area contributed by atoms with Gasteiger partial charge in [0.1, 0.15) is 0 Å². The molecule has 44 heavy (non-hydrogen) atoms. The molecule has 0 saturated heterocycles. The Labute approximate surface area is 271 Å². The zero-order valence-corrected chi connectivity index (χ0v) is 29.2. The summed E-state index contributed by atoms with van der Waals surface area (Å²) in [5.74, 6) is 3.93. The predicted molar refractivity (Wildman–Crippen MR) is 182 cm³/mol. The largest absolute Gasteiger partial charge is 0.378 e. The summed E-state index contributed by atoms with van der Waals surface area (Å²) in [6, 6.07) is 0. The molecule has 4 rings (SSSR count). The van der Waals surface area contributed by atoms with Gasteiger partial charge < -0.3 is 36.7 Å². The lowest BCUT2D eigenvalue weighted by Crippen LogP contribution is -2.63. The van der Waals surface area contributed by atoms with E-state index in [1.54, 1.807) is 0 Å². The molecule has 4 aliphatic rings. The summed E-state index contributed by atoms with van der Waals surface area (Å²) in [5, 5.41) is 3.68. The Hall–Kier alpha value is -0.280. The van der Waals surface area contributed by atoms with Crippen molar-refractivity contribution in [3.63, 3.8) is 0 Å². The molecule has 0 radical (unpaired) electrons. The van der Waals surface area contributed by atoms with Crippen molar-refractivity contribution < 1.29 is 14.2 Å². The lowest BCUT2D eigenvalue weighted by molar-refractivity contribution is -0.227. The van der Waals surface area contributed by atoms with Gasteiger partial charge in [-0.3, -0.25) is 0 Å². The number of hydrogen-bond acceptors (Lipinski definition) is 7. The number of rotatable bonds is 20. The van der Waals surface area contributed by atoms with E-state index >= 15 is 0 Å². The Kier molecular flexibility index (Phi) is 14.7. The molecule has 0 aliphatic heterocycles. The number of nitrogens with one attached hydrogen (secondary N) is 1. The fourth-order valence-electron chi connectivity index (χ4n) is 10.8. The Morgan fingerprint density at radius 1 is 0.773 bits per heavy atom. The molecule has 0 aromatic rings. The lowest BCUT2D eigenvalue weighted by Gasteiger charge is -2.65. The fourth-order valence-corrected chi connectivity index (χ4v) is 10.8. The van der Waals surface area contributed by atoms with Gasteiger partial charge in [-0.2, -0.15) is 0 Å². The van der Waals surface area contributed by atoms with E-state index in [1.807, 2.05) is 0 Å². The first kappa shape index (κ1) is 36.6. The Balaban J connectivity index is 1.57. The molecule has 7 N–H and O–H groups in total. The minimum Gasteiger partial charge on any atom is -0.378 e. The van der Waals surface area contributed by atoms with Gasteiger partial charge in [0.15, 0.2) is 0 Å². The first-order valence-corrected chi connectivity index (χ1v) is 19.0. The van der Waals surface area contributed by atoms with Gasteiger partial charge in [-0.25, -0.2) is 0 Å². The topological polar surface area (TPSA) is 118 Å². The molecule has 7 nitrogen and oxygen atoms in total. The highest BCUT2D eigenvalue weighted by molar-refractivity contribution is 5.15. The molecule has 0 amide bonds. The number of nitrogens with two attached hydrogens (primary N) is 3. The highest BCUT2D eigenvalue weighted by atomic mass is 16.5. The molecule has 7 heteroatoms. The number of hydrogen-bond donors (Lipinski definition) is 4. The molecule has 0 aromatic carbocycles. The summed E-state index contributed by atoms with van der Waals surface area (Å²) in [5.41, 5.74) is 18.2. The van der Waals surface area contributed by atoms with Crippen LogP contribution in [0.15, 0.2) is 0 Å². The number of unbranched alkanes of at least 4 members (excludes halogenated alkanes) is 1. The molecule has 0 spiro atoms. The highest BCUT2D eigenvalue weighted by Crippen LogP contribution is 2.69. The Morgan fingerprint density at radius 3 is 2.16 bits per heavy atom. The van der Waals surface area contributed by atoms with Crippen LogP contribution in [0.25, 0.3) is 0 Å². The van der Waals surface area contributed by atoms with Gasteiger partial charge >= 0.3 is 0 Å². The third-order valence-electron chi connectivity index (χ3n) is 13.2. The van der Waals surface area contributed by atoms with Crippen LogP contribution in [0.1, 0.15) is 118 Å². The second-order valence-corrected chi connectivity index (χ2v) is 15.7. The maximum Gasteiger partial charge on any atom is 0.0637 e. The number of fused-ring (bicyclic) bond motifs is 5. The van der Waals surface area contributed by atoms with E-state index in [0.29, 0.717) is 78.9 Å². The summed E-state index contributed by atoms with van der Waals surface area (Å²) in [7, 11) is 0. The van der Waals surface area contributed by atoms with Crippen molar-refractivity contribution in [1.29, 1.82) is 0 Å². The maximum atomic E-state index is 7.00. The minimum atomic E-state index is 0.187. The molecule has 5 unspecified atom stereocenters. The average Bonchev–Trinajstić information content (AvgIpc) is 3.38. The Morgan fingerprint density at radius 2 is 1.45 bits per heavy atom. The smallest absolute Gasteiger partial charge is 0.0637 e. The molecule has 0 bridgehead atoms. The average molecular weight is 621 g/mol. The van der Waals surface area contributed by atoms with Crippen molar-refractivity contribution in [3.8, 4) is 0 Å². The summed E-state index contributed by atoms with van der Waals surface area (Å²) < 4.78 is 20.3. The van der Waals surface area contributed by atoms with Gasteiger partial charge in [-0.1, -0.05) is 34.1 Å². The standard InChI is InChI=1S/C37H72N4O3/c1-5-6-19-41-20-7-11-27(2)30-12-13-31-35-32(26-34(37(30,31)4)44-23-10-18-40)36(3)15-14-29(42-21-8-16-38)24-28(36)25-33(35)43-22-9-17-39/h27-35,41H,5-26,38-40H2,1-4H3/t27?,28?,29-,30?,31+,32+,33-,34+,35?,36?,37-/m1/s1. The zero-order valence-electron chi connectivity index (χ0n) is 29.2. The second kappa shape index (κ2) is 17.8. The predicted octanol–water partition coefficient (Wildman–Crippen LogP) is 5.87. The number of ether oxygens (including phenoxy) is 3. The van der Waals surface area contributed by atoms with Crippen molar-refractivity contribution in [2.24, 2.45) is 63.5 Å². The first-order valence-electron chi connectivity index (χ1n) is 19.0. The van der Waals surface area contributed by atoms with Crippen molar-refractivity contribution in [2.75, 3.05) is 52.5 Å². The van der Waals surface area contributed by atoms with Crippen LogP contribution in [0.2, 0.25) is 0 Å². The van der Waals surface area contributed by atoms with Crippen molar-refractivity contribution >= 4 is 0 Å². The van der Waals surface area contributed by atoms with Gasteiger partial charge in [0.2, 0.25) is 0 Å². The molecule has 4 aliphatic carbocycles. The van der Waals surface area contributed by atoms with Gasteiger partial charge in [-0.05, 0) is 157 Å². The van der Waals surface area contributed by atoms with Gasteiger partial charge in [0, 0.05) is 25.2 Å². The fraction of sp³-hybridized carbons (Fsp3) is 1.00. The molecular formula is C37H72N4O3. The monoisotopic (exact) mass is 621 g/mol. The summed E-state index contributed by atoms with van der Waals surface area (Å²) in [6.45, 7) is 16.9. The van der Waals surface area contributed by atoms with Gasteiger partial charge in [-0.15, -0.1) is 0 Å². The van der Waals surface area contributed by atoms with Crippen LogP contribution in [0, 0.1) is 46.3 Å². The highest BCUT2D eigenvalue weighted by Gasteiger charge is 2.66. The normalized spacial score (nSPS) is 39.1. The van der Waals surface area contributed by atoms with Crippen LogP contribution in [0.4, 0.5) is 0 Å². The SMILES string of the molecule is CCCCNCCCC(C)C1CC[C@H]2C3[C@H](OCCCN)CC4C[C@H](OCCCN)CCC4(C)[C@H]3C[C@H](OCCCN)[C@]12C. The van der Waals surface area contributed by atoms with Crippen LogP contribution in [0.3, 0.4) is 0 Å². The van der Waals surface area contributed by atoms with E-state index < -0.39 is 0 Å². The summed E-state index contributed by atoms with van der Waals surface area (Å²) >= 11 is 0. The van der Waals surface area contributed by atoms with Crippen LogP contribution in [-0.2, 0) is 14.2 Å². The first-order chi connectivity index (χ1) is 21.3. The molecule has 0 aromatic heterocycles. The van der Waals surface area contributed by atoms with Crippen LogP contribution < -0.4 is 22.5 Å². The summed E-state index contributed by atoms with van der Waals surface area (Å²) in [4.78, 5) is 0. The van der Waals surface area contributed by atoms with E-state index in [1.165, 1.54) is 64.2 Å². The third-order valence-corrected chi connectivity index (χ3v) is 13.2. The molecule has 258 valence electrons. The Bertz CT molecular complexity index is 818. The van der Waals surface area contributed by atoms with Gasteiger partial charge in [0.25, 0.3) is 0 Å². The van der Waals surface area contributed by atoms with Gasteiger partial charge in [0.05, 0.1) is 18.3 Å². The second-order valence-electron chi connectivity index (χ2n) is 15.7. The molecule has 4 fully saturated rings. The minimum absolute atomic E-state index is 0.187. The quantitative estimate of drug-likeness (QED) is 0.126. The van der Waals surface area contributed by atoms with Crippen molar-refractivity contribution in [3.05, 3.63) is 0 Å². The van der Waals surface area contributed by atoms with E-state index in [0.717, 1.165) is 58.6 Å². The maximum absolute atomic E-state index is 7.00. The van der Waals surface area contributed by atoms with Crippen LogP contribution in [-0.4, -0.2) is 70.9 Å². The third kappa shape index (κ3) is 8.22. The van der Waals surface area contributed by atoms with Crippen molar-refractivity contribution in [2.45, 2.75) is 136 Å². The van der Waals surface area contributed by atoms with E-state index in [4.69, 9.17) is 31.4 Å². The lowest BCUT2D eigenvalue weighted by atomic mass is 9.43. The van der Waals surface area contributed by atoms with E-state index in [-0.39, 0.29) is 5.41 Å². The zero-order chi connectivity index (χ0) is 31.6. The molecule has 11 atom stereocenters. The van der Waals surface area contributed by atoms with E-state index in [2.05, 4.69) is 33.0 Å². The summed E-state index contributed by atoms with van der Waals surface area (Å²) in [6.07, 6.45) is 17.5. The molecule has 4 saturated carbocycles.